The quantitative estimate of drug-likeness (QED) is 0.729. The number of carbonyl (C=O) groups is 1. The summed E-state index contributed by atoms with van der Waals surface area (Å²) in [6, 6.07) is 14.2. The third-order valence-corrected chi connectivity index (χ3v) is 5.61. The minimum Gasteiger partial charge on any atom is -0.465 e. The van der Waals surface area contributed by atoms with Crippen LogP contribution in [-0.2, 0) is 9.47 Å². The molecule has 1 fully saturated rings. The second-order valence-corrected chi connectivity index (χ2v) is 7.48. The van der Waals surface area contributed by atoms with E-state index < -0.39 is 0 Å². The van der Waals surface area contributed by atoms with Crippen molar-refractivity contribution in [1.29, 1.82) is 0 Å². The maximum absolute atomic E-state index is 11.7. The topological polar surface area (TPSA) is 47.6 Å². The average Bonchev–Trinajstić information content (AvgIpc) is 2.67. The Morgan fingerprint density at radius 2 is 2.04 bits per heavy atom. The van der Waals surface area contributed by atoms with Gasteiger partial charge in [-0.2, -0.15) is 0 Å². The van der Waals surface area contributed by atoms with Crippen LogP contribution >= 0.6 is 15.9 Å². The van der Waals surface area contributed by atoms with E-state index in [0.29, 0.717) is 11.5 Å². The van der Waals surface area contributed by atoms with Crippen molar-refractivity contribution in [2.45, 2.75) is 25.0 Å². The largest absolute Gasteiger partial charge is 0.465 e. The van der Waals surface area contributed by atoms with Crippen LogP contribution in [0, 0.1) is 5.92 Å². The van der Waals surface area contributed by atoms with Crippen LogP contribution in [0.15, 0.2) is 46.9 Å². The van der Waals surface area contributed by atoms with E-state index in [-0.39, 0.29) is 18.1 Å². The van der Waals surface area contributed by atoms with Crippen molar-refractivity contribution in [3.8, 4) is 0 Å². The summed E-state index contributed by atoms with van der Waals surface area (Å²) < 4.78 is 12.0. The number of nitrogens with one attached hydrogen (secondary N) is 1. The van der Waals surface area contributed by atoms with Gasteiger partial charge in [0.2, 0.25) is 0 Å². The lowest BCUT2D eigenvalue weighted by Gasteiger charge is -2.43. The van der Waals surface area contributed by atoms with Crippen molar-refractivity contribution < 1.29 is 14.3 Å². The molecule has 4 rings (SSSR count). The molecular weight excluding hydrogens is 382 g/mol. The van der Waals surface area contributed by atoms with Gasteiger partial charge in [-0.3, -0.25) is 0 Å². The van der Waals surface area contributed by atoms with E-state index in [4.69, 9.17) is 9.47 Å². The Kier molecular flexibility index (Phi) is 4.52. The first-order valence-electron chi connectivity index (χ1n) is 8.53. The molecule has 0 aliphatic carbocycles. The number of rotatable bonds is 2. The highest BCUT2D eigenvalue weighted by atomic mass is 79.9. The van der Waals surface area contributed by atoms with Gasteiger partial charge < -0.3 is 14.8 Å². The predicted molar refractivity (Wildman–Crippen MR) is 99.7 cm³/mol. The number of benzene rings is 2. The Morgan fingerprint density at radius 3 is 2.80 bits per heavy atom. The Balaban J connectivity index is 1.69. The number of hydrogen-bond donors (Lipinski definition) is 1. The fourth-order valence-corrected chi connectivity index (χ4v) is 4.29. The third-order valence-electron chi connectivity index (χ3n) is 5.12. The van der Waals surface area contributed by atoms with Gasteiger partial charge in [0.25, 0.3) is 0 Å². The van der Waals surface area contributed by atoms with E-state index in [9.17, 15) is 4.79 Å². The van der Waals surface area contributed by atoms with Crippen LogP contribution in [0.3, 0.4) is 0 Å². The molecule has 0 aromatic heterocycles. The van der Waals surface area contributed by atoms with E-state index in [1.165, 1.54) is 18.2 Å². The minimum atomic E-state index is -0.308. The molecule has 25 heavy (non-hydrogen) atoms. The van der Waals surface area contributed by atoms with Gasteiger partial charge in [0.05, 0.1) is 24.8 Å². The van der Waals surface area contributed by atoms with Gasteiger partial charge >= 0.3 is 5.97 Å². The summed E-state index contributed by atoms with van der Waals surface area (Å²) >= 11 is 3.57. The summed E-state index contributed by atoms with van der Waals surface area (Å²) in [5.74, 6) is 0.0664. The standard InChI is InChI=1S/C20H20BrNO3/c1-24-20(23)13-6-4-12(5-7-13)18-15-3-2-10-25-19(15)16-11-14(21)8-9-17(16)22-18/h4-9,11,15,18-19,22H,2-3,10H2,1H3/t15-,18-,19-/m0/s1. The molecule has 2 heterocycles. The lowest BCUT2D eigenvalue weighted by molar-refractivity contribution is -0.0381. The number of esters is 1. The number of halogens is 1. The maximum atomic E-state index is 11.7. The molecule has 0 amide bonds. The highest BCUT2D eigenvalue weighted by molar-refractivity contribution is 9.10. The predicted octanol–water partition coefficient (Wildman–Crippen LogP) is 4.87. The molecule has 4 nitrogen and oxygen atoms in total. The van der Waals surface area contributed by atoms with Crippen molar-refractivity contribution in [2.75, 3.05) is 19.0 Å². The Bertz CT molecular complexity index is 790. The normalized spacial score (nSPS) is 24.6. The van der Waals surface area contributed by atoms with Gasteiger partial charge in [0, 0.05) is 28.2 Å². The summed E-state index contributed by atoms with van der Waals surface area (Å²) in [5.41, 5.74) is 4.08. The smallest absolute Gasteiger partial charge is 0.337 e. The average molecular weight is 402 g/mol. The molecule has 2 aromatic carbocycles. The number of anilines is 1. The van der Waals surface area contributed by atoms with Crippen LogP contribution in [-0.4, -0.2) is 19.7 Å². The molecule has 0 bridgehead atoms. The number of hydrogen-bond acceptors (Lipinski definition) is 4. The third kappa shape index (κ3) is 3.07. The van der Waals surface area contributed by atoms with E-state index in [2.05, 4.69) is 33.4 Å². The van der Waals surface area contributed by atoms with E-state index >= 15 is 0 Å². The number of carbonyl (C=O) groups excluding carboxylic acids is 1. The number of fused-ring (bicyclic) bond motifs is 3. The molecule has 0 radical (unpaired) electrons. The van der Waals surface area contributed by atoms with Crippen molar-refractivity contribution in [2.24, 2.45) is 5.92 Å². The Labute approximate surface area is 155 Å². The van der Waals surface area contributed by atoms with Crippen molar-refractivity contribution in [1.82, 2.24) is 0 Å². The first-order valence-corrected chi connectivity index (χ1v) is 9.32. The van der Waals surface area contributed by atoms with Crippen LogP contribution in [0.25, 0.3) is 0 Å². The molecule has 1 N–H and O–H groups in total. The lowest BCUT2D eigenvalue weighted by atomic mass is 9.77. The first-order chi connectivity index (χ1) is 12.2. The fourth-order valence-electron chi connectivity index (χ4n) is 3.92. The minimum absolute atomic E-state index is 0.104. The van der Waals surface area contributed by atoms with E-state index in [1.54, 1.807) is 0 Å². The zero-order valence-electron chi connectivity index (χ0n) is 14.0. The van der Waals surface area contributed by atoms with Crippen molar-refractivity contribution >= 4 is 27.6 Å². The molecule has 1 saturated heterocycles. The zero-order chi connectivity index (χ0) is 17.4. The molecule has 130 valence electrons. The summed E-state index contributed by atoms with van der Waals surface area (Å²) in [6.07, 6.45) is 2.29. The molecule has 2 aliphatic rings. The van der Waals surface area contributed by atoms with Crippen LogP contribution in [0.2, 0.25) is 0 Å². The molecule has 5 heteroatoms. The summed E-state index contributed by atoms with van der Waals surface area (Å²) in [7, 11) is 1.40. The van der Waals surface area contributed by atoms with Gasteiger partial charge in [-0.1, -0.05) is 28.1 Å². The van der Waals surface area contributed by atoms with Gasteiger partial charge in [-0.25, -0.2) is 4.79 Å². The van der Waals surface area contributed by atoms with Crippen molar-refractivity contribution in [3.63, 3.8) is 0 Å². The van der Waals surface area contributed by atoms with Gasteiger partial charge in [0.15, 0.2) is 0 Å². The van der Waals surface area contributed by atoms with Gasteiger partial charge in [-0.15, -0.1) is 0 Å². The lowest BCUT2D eigenvalue weighted by Crippen LogP contribution is -2.36. The molecule has 2 aromatic rings. The van der Waals surface area contributed by atoms with E-state index in [0.717, 1.165) is 29.6 Å². The van der Waals surface area contributed by atoms with Crippen LogP contribution in [0.1, 0.15) is 46.5 Å². The molecule has 0 unspecified atom stereocenters. The van der Waals surface area contributed by atoms with Crippen LogP contribution < -0.4 is 5.32 Å². The molecule has 3 atom stereocenters. The first kappa shape index (κ1) is 16.6. The number of ether oxygens (including phenoxy) is 2. The number of methoxy groups -OCH3 is 1. The Hall–Kier alpha value is -1.85. The zero-order valence-corrected chi connectivity index (χ0v) is 15.6. The fraction of sp³-hybridized carbons (Fsp3) is 0.350. The van der Waals surface area contributed by atoms with Gasteiger partial charge in [0.1, 0.15) is 0 Å². The second kappa shape index (κ2) is 6.81. The van der Waals surface area contributed by atoms with Crippen LogP contribution in [0.4, 0.5) is 5.69 Å². The van der Waals surface area contributed by atoms with Gasteiger partial charge in [-0.05, 0) is 48.7 Å². The van der Waals surface area contributed by atoms with Crippen LogP contribution in [0.5, 0.6) is 0 Å². The Morgan fingerprint density at radius 1 is 1.24 bits per heavy atom. The molecule has 2 aliphatic heterocycles. The summed E-state index contributed by atoms with van der Waals surface area (Å²) in [6.45, 7) is 0.807. The highest BCUT2D eigenvalue weighted by Gasteiger charge is 2.39. The highest BCUT2D eigenvalue weighted by Crippen LogP contribution is 2.49. The molecule has 0 saturated carbocycles. The van der Waals surface area contributed by atoms with Crippen molar-refractivity contribution in [3.05, 3.63) is 63.6 Å². The van der Waals surface area contributed by atoms with E-state index in [1.807, 2.05) is 30.3 Å². The second-order valence-electron chi connectivity index (χ2n) is 6.56. The molecular formula is C20H20BrNO3. The molecule has 0 spiro atoms. The maximum Gasteiger partial charge on any atom is 0.337 e. The monoisotopic (exact) mass is 401 g/mol. The summed E-state index contributed by atoms with van der Waals surface area (Å²) in [5, 5.41) is 3.69. The SMILES string of the molecule is COC(=O)c1ccc([C@@H]2Nc3ccc(Br)cc3[C@H]3OCCC[C@H]32)cc1. The summed E-state index contributed by atoms with van der Waals surface area (Å²) in [4.78, 5) is 11.7.